The van der Waals surface area contributed by atoms with E-state index in [1.807, 2.05) is 0 Å². The summed E-state index contributed by atoms with van der Waals surface area (Å²) >= 11 is 0. The van der Waals surface area contributed by atoms with Crippen molar-refractivity contribution in [3.05, 3.63) is 0 Å². The molecule has 0 amide bonds. The maximum atomic E-state index is 13.2. The van der Waals surface area contributed by atoms with Crippen LogP contribution in [0.5, 0.6) is 0 Å². The minimum absolute atomic E-state index is 0.108. The van der Waals surface area contributed by atoms with Crippen molar-refractivity contribution in [2.45, 2.75) is 509 Å². The van der Waals surface area contributed by atoms with Crippen molar-refractivity contribution in [2.24, 2.45) is 11.8 Å². The molecule has 0 saturated carbocycles. The Hall–Kier alpha value is -1.94. The number of phosphoric acid groups is 2. The van der Waals surface area contributed by atoms with Crippen molar-refractivity contribution >= 4 is 39.5 Å². The summed E-state index contributed by atoms with van der Waals surface area (Å²) in [6.45, 7) is 9.73. The summed E-state index contributed by atoms with van der Waals surface area (Å²) in [5.74, 6) is -0.496. The van der Waals surface area contributed by atoms with Crippen LogP contribution in [0, 0.1) is 11.8 Å². The molecule has 17 nitrogen and oxygen atoms in total. The minimum atomic E-state index is -4.97. The van der Waals surface area contributed by atoms with Gasteiger partial charge < -0.3 is 33.8 Å². The van der Waals surface area contributed by atoms with E-state index in [1.54, 1.807) is 0 Å². The molecule has 0 aromatic carbocycles. The molecule has 19 heteroatoms. The van der Waals surface area contributed by atoms with Gasteiger partial charge in [0.15, 0.2) is 12.2 Å². The van der Waals surface area contributed by atoms with Crippen LogP contribution < -0.4 is 0 Å². The molecule has 4 unspecified atom stereocenters. The van der Waals surface area contributed by atoms with Gasteiger partial charge in [0.1, 0.15) is 19.3 Å². The lowest BCUT2D eigenvalue weighted by Crippen LogP contribution is -2.30. The molecule has 0 aliphatic carbocycles. The molecule has 110 heavy (non-hydrogen) atoms. The quantitative estimate of drug-likeness (QED) is 0.0222. The smallest absolute Gasteiger partial charge is 0.462 e. The van der Waals surface area contributed by atoms with Crippen LogP contribution in [0.3, 0.4) is 0 Å². The minimum Gasteiger partial charge on any atom is -0.462 e. The molecule has 0 aliphatic rings. The Morgan fingerprint density at radius 3 is 0.645 bits per heavy atom. The molecule has 0 rings (SSSR count). The zero-order chi connectivity index (χ0) is 80.6. The highest BCUT2D eigenvalue weighted by molar-refractivity contribution is 7.47. The average molecular weight is 1610 g/mol. The zero-order valence-corrected chi connectivity index (χ0v) is 74.4. The Labute approximate surface area is 677 Å². The van der Waals surface area contributed by atoms with Gasteiger partial charge in [-0.3, -0.25) is 37.3 Å². The number of aliphatic hydroxyl groups excluding tert-OH is 1. The van der Waals surface area contributed by atoms with Gasteiger partial charge in [-0.05, 0) is 37.5 Å². The highest BCUT2D eigenvalue weighted by atomic mass is 31.2. The van der Waals surface area contributed by atoms with E-state index in [-0.39, 0.29) is 25.7 Å². The van der Waals surface area contributed by atoms with Crippen molar-refractivity contribution in [3.8, 4) is 0 Å². The van der Waals surface area contributed by atoms with E-state index >= 15 is 0 Å². The highest BCUT2D eigenvalue weighted by Gasteiger charge is 2.31. The maximum absolute atomic E-state index is 13.2. The molecular weight excluding hydrogens is 1430 g/mol. The lowest BCUT2D eigenvalue weighted by atomic mass is 9.99. The molecule has 0 spiro atoms. The van der Waals surface area contributed by atoms with Gasteiger partial charge >= 0.3 is 39.5 Å². The Kier molecular flexibility index (Phi) is 80.7. The van der Waals surface area contributed by atoms with Crippen LogP contribution in [0.25, 0.3) is 0 Å². The van der Waals surface area contributed by atoms with E-state index in [0.29, 0.717) is 25.7 Å². The van der Waals surface area contributed by atoms with Gasteiger partial charge in [0, 0.05) is 25.7 Å². The number of ether oxygens (including phenoxy) is 4. The van der Waals surface area contributed by atoms with Gasteiger partial charge in [0.05, 0.1) is 26.4 Å². The van der Waals surface area contributed by atoms with Crippen LogP contribution in [0.1, 0.15) is 491 Å². The van der Waals surface area contributed by atoms with E-state index in [4.69, 9.17) is 37.0 Å². The number of carbonyl (C=O) groups excluding carboxylic acids is 4. The second-order valence-electron chi connectivity index (χ2n) is 33.2. The third-order valence-electron chi connectivity index (χ3n) is 22.2. The second kappa shape index (κ2) is 82.2. The first kappa shape index (κ1) is 108. The van der Waals surface area contributed by atoms with Crippen LogP contribution >= 0.6 is 15.6 Å². The maximum Gasteiger partial charge on any atom is 0.472 e. The lowest BCUT2D eigenvalue weighted by molar-refractivity contribution is -0.161. The highest BCUT2D eigenvalue weighted by Crippen LogP contribution is 2.45. The van der Waals surface area contributed by atoms with E-state index in [2.05, 4.69) is 41.5 Å². The van der Waals surface area contributed by atoms with Gasteiger partial charge in [-0.25, -0.2) is 9.13 Å². The summed E-state index contributed by atoms with van der Waals surface area (Å²) < 4.78 is 69.0. The predicted molar refractivity (Wildman–Crippen MR) is 455 cm³/mol. The summed E-state index contributed by atoms with van der Waals surface area (Å²) in [6, 6.07) is 0. The van der Waals surface area contributed by atoms with Gasteiger partial charge in [-0.2, -0.15) is 0 Å². The number of carbonyl (C=O) groups is 4. The van der Waals surface area contributed by atoms with Crippen LogP contribution in [0.4, 0.5) is 0 Å². The average Bonchev–Trinajstić information content (AvgIpc) is 0.901. The van der Waals surface area contributed by atoms with Crippen LogP contribution in [0.2, 0.25) is 0 Å². The molecule has 0 radical (unpaired) electrons. The summed E-state index contributed by atoms with van der Waals surface area (Å²) in [4.78, 5) is 73.4. The summed E-state index contributed by atoms with van der Waals surface area (Å²) in [5.41, 5.74) is 0. The van der Waals surface area contributed by atoms with E-state index in [9.17, 15) is 43.2 Å². The Morgan fingerprint density at radius 1 is 0.255 bits per heavy atom. The molecular formula is C91H178O17P2. The standard InChI is InChI=1S/C91H178O17P2/c1-7-11-13-15-17-19-21-23-25-27-29-30-35-38-42-46-50-54-61-67-73-88(93)101-79-86(107-90(95)75-69-64-56-52-48-44-40-36-32-31-33-37-41-45-49-53-59-65-71-83(5)9-3)81-105-109(97,98)103-77-85(92)78-104-110(99,100)106-82-87(80-102-89(94)74-68-62-58-57-60-66-72-84(6)10-4)108-91(96)76-70-63-55-51-47-43-39-34-28-26-24-22-20-18-16-14-12-8-2/h83-87,92H,7-82H2,1-6H3,(H,97,98)(H,99,100)/t83?,84?,85-,86-,87-/m1/s1. The topological polar surface area (TPSA) is 237 Å². The third-order valence-corrected chi connectivity index (χ3v) is 24.1. The zero-order valence-electron chi connectivity index (χ0n) is 72.6. The van der Waals surface area contributed by atoms with Crippen molar-refractivity contribution in [3.63, 3.8) is 0 Å². The van der Waals surface area contributed by atoms with Crippen LogP contribution in [-0.2, 0) is 65.4 Å². The molecule has 0 heterocycles. The first-order valence-electron chi connectivity index (χ1n) is 47.1. The van der Waals surface area contributed by atoms with E-state index < -0.39 is 97.5 Å². The molecule has 654 valence electrons. The molecule has 3 N–H and O–H groups in total. The molecule has 0 fully saturated rings. The molecule has 0 saturated heterocycles. The summed E-state index contributed by atoms with van der Waals surface area (Å²) in [6.07, 6.45) is 76.5. The van der Waals surface area contributed by atoms with Gasteiger partial charge in [-0.15, -0.1) is 0 Å². The molecule has 7 atom stereocenters. The fraction of sp³-hybridized carbons (Fsp3) is 0.956. The van der Waals surface area contributed by atoms with Gasteiger partial charge in [0.2, 0.25) is 0 Å². The Morgan fingerprint density at radius 2 is 0.436 bits per heavy atom. The number of esters is 4. The van der Waals surface area contributed by atoms with Crippen molar-refractivity contribution in [1.29, 1.82) is 0 Å². The number of phosphoric ester groups is 2. The number of hydrogen-bond donors (Lipinski definition) is 3. The van der Waals surface area contributed by atoms with Gasteiger partial charge in [-0.1, -0.05) is 440 Å². The van der Waals surface area contributed by atoms with Crippen LogP contribution in [0.15, 0.2) is 0 Å². The first-order valence-corrected chi connectivity index (χ1v) is 50.1. The Balaban J connectivity index is 5.22. The number of rotatable bonds is 90. The lowest BCUT2D eigenvalue weighted by Gasteiger charge is -2.21. The van der Waals surface area contributed by atoms with Crippen molar-refractivity contribution < 1.29 is 80.2 Å². The molecule has 0 aromatic rings. The number of hydrogen-bond acceptors (Lipinski definition) is 15. The summed E-state index contributed by atoms with van der Waals surface area (Å²) in [7, 11) is -9.93. The molecule has 0 bridgehead atoms. The van der Waals surface area contributed by atoms with E-state index in [0.717, 1.165) is 108 Å². The van der Waals surface area contributed by atoms with Gasteiger partial charge in [0.25, 0.3) is 0 Å². The Bertz CT molecular complexity index is 2100. The third kappa shape index (κ3) is 81.2. The SMILES string of the molecule is CCCCCCCCCCCCCCCCCCCCCCC(=O)OC[C@H](COP(=O)(O)OC[C@@H](O)COP(=O)(O)OC[C@@H](COC(=O)CCCCCCCCC(C)CC)OC(=O)CCCCCCCCCCCCCCCCCCCC)OC(=O)CCCCCCCCCCCCCCCCCCCCC(C)CC. The second-order valence-corrected chi connectivity index (χ2v) is 36.1. The van der Waals surface area contributed by atoms with E-state index in [1.165, 1.54) is 302 Å². The molecule has 0 aromatic heterocycles. The van der Waals surface area contributed by atoms with Crippen LogP contribution in [-0.4, -0.2) is 96.7 Å². The fourth-order valence-corrected chi connectivity index (χ4v) is 15.8. The van der Waals surface area contributed by atoms with Crippen molar-refractivity contribution in [2.75, 3.05) is 39.6 Å². The molecule has 0 aliphatic heterocycles. The largest absolute Gasteiger partial charge is 0.472 e. The van der Waals surface area contributed by atoms with Crippen molar-refractivity contribution in [1.82, 2.24) is 0 Å². The number of unbranched alkanes of at least 4 members (excludes halogenated alkanes) is 58. The fourth-order valence-electron chi connectivity index (χ4n) is 14.2. The normalized spacial score (nSPS) is 14.2. The number of aliphatic hydroxyl groups is 1. The predicted octanol–water partition coefficient (Wildman–Crippen LogP) is 28.2. The monoisotopic (exact) mass is 1610 g/mol. The summed E-state index contributed by atoms with van der Waals surface area (Å²) in [5, 5.41) is 10.7. The first-order chi connectivity index (χ1) is 53.4.